The van der Waals surface area contributed by atoms with E-state index < -0.39 is 5.97 Å². The van der Waals surface area contributed by atoms with Crippen LogP contribution in [0.3, 0.4) is 0 Å². The third kappa shape index (κ3) is 4.11. The maximum Gasteiger partial charge on any atom is 0.310 e. The van der Waals surface area contributed by atoms with Crippen molar-refractivity contribution in [3.63, 3.8) is 0 Å². The first-order chi connectivity index (χ1) is 13.4. The maximum absolute atomic E-state index is 12.3. The molecule has 0 saturated carbocycles. The van der Waals surface area contributed by atoms with Crippen molar-refractivity contribution in [3.8, 4) is 16.9 Å². The first-order valence-electron chi connectivity index (χ1n) is 8.71. The van der Waals surface area contributed by atoms with Gasteiger partial charge in [-0.05, 0) is 31.2 Å². The molecule has 3 aromatic rings. The molecule has 1 heterocycles. The van der Waals surface area contributed by atoms with Gasteiger partial charge in [-0.25, -0.2) is 4.68 Å². The summed E-state index contributed by atoms with van der Waals surface area (Å²) in [5.41, 5.74) is 2.66. The Balaban J connectivity index is 2.30. The van der Waals surface area contributed by atoms with E-state index in [-0.39, 0.29) is 24.5 Å². The third-order valence-corrected chi connectivity index (χ3v) is 4.71. The van der Waals surface area contributed by atoms with Crippen LogP contribution in [0.5, 0.6) is 0 Å². The van der Waals surface area contributed by atoms with E-state index in [4.69, 9.17) is 27.9 Å². The van der Waals surface area contributed by atoms with Crippen LogP contribution in [-0.4, -0.2) is 28.1 Å². The molecule has 0 amide bonds. The first-order valence-corrected chi connectivity index (χ1v) is 9.47. The molecule has 0 N–H and O–H groups in total. The summed E-state index contributed by atoms with van der Waals surface area (Å²) in [5.74, 6) is -0.681. The topological polar surface area (TPSA) is 61.2 Å². The molecule has 0 aliphatic rings. The van der Waals surface area contributed by atoms with E-state index >= 15 is 0 Å². The minimum absolute atomic E-state index is 0.0782. The molecule has 0 saturated heterocycles. The van der Waals surface area contributed by atoms with Crippen molar-refractivity contribution in [2.75, 3.05) is 6.61 Å². The van der Waals surface area contributed by atoms with E-state index in [0.29, 0.717) is 27.0 Å². The first kappa shape index (κ1) is 20.1. The van der Waals surface area contributed by atoms with Crippen LogP contribution >= 0.6 is 23.2 Å². The average molecular weight is 417 g/mol. The zero-order valence-electron chi connectivity index (χ0n) is 15.4. The fraction of sp³-hybridized carbons (Fsp3) is 0.190. The molecule has 28 heavy (non-hydrogen) atoms. The van der Waals surface area contributed by atoms with Crippen molar-refractivity contribution in [1.29, 1.82) is 0 Å². The molecule has 0 aliphatic carbocycles. The van der Waals surface area contributed by atoms with Crippen LogP contribution < -0.4 is 0 Å². The van der Waals surface area contributed by atoms with Crippen LogP contribution in [0.4, 0.5) is 0 Å². The van der Waals surface area contributed by atoms with Crippen LogP contribution in [-0.2, 0) is 16.0 Å². The molecule has 2 aromatic carbocycles. The highest BCUT2D eigenvalue weighted by molar-refractivity contribution is 6.32. The zero-order valence-corrected chi connectivity index (χ0v) is 16.9. The van der Waals surface area contributed by atoms with E-state index in [1.54, 1.807) is 35.9 Å². The molecule has 0 bridgehead atoms. The molecule has 1 aromatic heterocycles. The zero-order chi connectivity index (χ0) is 20.3. The van der Waals surface area contributed by atoms with Crippen LogP contribution in [0.1, 0.15) is 29.9 Å². The van der Waals surface area contributed by atoms with Crippen molar-refractivity contribution in [2.24, 2.45) is 0 Å². The van der Waals surface area contributed by atoms with Gasteiger partial charge < -0.3 is 4.74 Å². The smallest absolute Gasteiger partial charge is 0.310 e. The monoisotopic (exact) mass is 416 g/mol. The van der Waals surface area contributed by atoms with E-state index in [1.807, 2.05) is 24.3 Å². The number of ether oxygens (including phenoxy) is 1. The number of hydrogen-bond donors (Lipinski definition) is 0. The lowest BCUT2D eigenvalue weighted by atomic mass is 10.0. The summed E-state index contributed by atoms with van der Waals surface area (Å²) in [6, 6.07) is 14.3. The number of rotatable bonds is 6. The van der Waals surface area contributed by atoms with E-state index in [0.717, 1.165) is 5.56 Å². The molecule has 0 radical (unpaired) electrons. The summed E-state index contributed by atoms with van der Waals surface area (Å²) in [5, 5.41) is 5.54. The number of esters is 1. The van der Waals surface area contributed by atoms with E-state index in [1.165, 1.54) is 6.92 Å². The number of carbonyl (C=O) groups is 2. The summed E-state index contributed by atoms with van der Waals surface area (Å²) < 4.78 is 6.69. The number of benzene rings is 2. The van der Waals surface area contributed by atoms with Gasteiger partial charge in [0.1, 0.15) is 5.69 Å². The summed E-state index contributed by atoms with van der Waals surface area (Å²) in [6.45, 7) is 3.40. The van der Waals surface area contributed by atoms with Crippen LogP contribution in [0, 0.1) is 0 Å². The number of halogens is 2. The second-order valence-electron chi connectivity index (χ2n) is 6.08. The minimum atomic E-state index is -0.432. The van der Waals surface area contributed by atoms with Gasteiger partial charge in [0.05, 0.1) is 29.4 Å². The predicted octanol–water partition coefficient (Wildman–Crippen LogP) is 5.15. The standard InChI is InChI=1S/C21H18Cl2N2O3/c1-3-28-19(27)12-16-20(13(2)26)24-25(18-7-5-4-6-17(18)23)21(16)14-8-10-15(22)11-9-14/h4-11H,3,12H2,1-2H3. The van der Waals surface area contributed by atoms with Crippen molar-refractivity contribution in [1.82, 2.24) is 9.78 Å². The van der Waals surface area contributed by atoms with Gasteiger partial charge in [-0.1, -0.05) is 47.5 Å². The molecule has 5 nitrogen and oxygen atoms in total. The number of carbonyl (C=O) groups excluding carboxylic acids is 2. The molecule has 0 spiro atoms. The Hall–Kier alpha value is -2.63. The van der Waals surface area contributed by atoms with Gasteiger partial charge in [-0.15, -0.1) is 0 Å². The number of aromatic nitrogens is 2. The van der Waals surface area contributed by atoms with Gasteiger partial charge >= 0.3 is 5.97 Å². The van der Waals surface area contributed by atoms with Gasteiger partial charge in [-0.2, -0.15) is 5.10 Å². The van der Waals surface area contributed by atoms with Crippen molar-refractivity contribution >= 4 is 35.0 Å². The number of nitrogens with zero attached hydrogens (tertiary/aromatic N) is 2. The Morgan fingerprint density at radius 2 is 1.75 bits per heavy atom. The SMILES string of the molecule is CCOC(=O)Cc1c(C(C)=O)nn(-c2ccccc2Cl)c1-c1ccc(Cl)cc1. The third-order valence-electron chi connectivity index (χ3n) is 4.14. The Kier molecular flexibility index (Phi) is 6.17. The quantitative estimate of drug-likeness (QED) is 0.411. The molecule has 7 heteroatoms. The lowest BCUT2D eigenvalue weighted by molar-refractivity contribution is -0.142. The average Bonchev–Trinajstić information content (AvgIpc) is 3.02. The maximum atomic E-state index is 12.3. The van der Waals surface area contributed by atoms with Gasteiger partial charge in [0.15, 0.2) is 5.78 Å². The number of Topliss-reactive ketones (excluding diaryl/α,β-unsaturated/α-hetero) is 1. The molecule has 0 fully saturated rings. The fourth-order valence-electron chi connectivity index (χ4n) is 2.96. The number of para-hydroxylation sites is 1. The summed E-state index contributed by atoms with van der Waals surface area (Å²) >= 11 is 12.4. The highest BCUT2D eigenvalue weighted by atomic mass is 35.5. The number of ketones is 1. The predicted molar refractivity (Wildman–Crippen MR) is 109 cm³/mol. The van der Waals surface area contributed by atoms with Gasteiger partial charge in [-0.3, -0.25) is 9.59 Å². The Bertz CT molecular complexity index is 1030. The van der Waals surface area contributed by atoms with E-state index in [2.05, 4.69) is 5.10 Å². The van der Waals surface area contributed by atoms with Crippen molar-refractivity contribution in [3.05, 3.63) is 69.8 Å². The summed E-state index contributed by atoms with van der Waals surface area (Å²) in [6.07, 6.45) is -0.0782. The second-order valence-corrected chi connectivity index (χ2v) is 6.93. The summed E-state index contributed by atoms with van der Waals surface area (Å²) in [7, 11) is 0. The lowest BCUT2D eigenvalue weighted by Crippen LogP contribution is -2.10. The van der Waals surface area contributed by atoms with Crippen molar-refractivity contribution < 1.29 is 14.3 Å². The largest absolute Gasteiger partial charge is 0.466 e. The molecule has 3 rings (SSSR count). The second kappa shape index (κ2) is 8.59. The lowest BCUT2D eigenvalue weighted by Gasteiger charge is -2.11. The molecular weight excluding hydrogens is 399 g/mol. The minimum Gasteiger partial charge on any atom is -0.466 e. The number of hydrogen-bond acceptors (Lipinski definition) is 4. The highest BCUT2D eigenvalue weighted by Gasteiger charge is 2.25. The normalized spacial score (nSPS) is 10.7. The Labute approximate surface area is 172 Å². The molecule has 144 valence electrons. The van der Waals surface area contributed by atoms with Gasteiger partial charge in [0, 0.05) is 23.1 Å². The van der Waals surface area contributed by atoms with Crippen LogP contribution in [0.25, 0.3) is 16.9 Å². The van der Waals surface area contributed by atoms with Crippen molar-refractivity contribution in [2.45, 2.75) is 20.3 Å². The van der Waals surface area contributed by atoms with Crippen LogP contribution in [0.15, 0.2) is 48.5 Å². The van der Waals surface area contributed by atoms with Gasteiger partial charge in [0.2, 0.25) is 0 Å². The Morgan fingerprint density at radius 3 is 2.36 bits per heavy atom. The molecule has 0 aliphatic heterocycles. The summed E-state index contributed by atoms with van der Waals surface area (Å²) in [4.78, 5) is 24.5. The van der Waals surface area contributed by atoms with E-state index in [9.17, 15) is 9.59 Å². The highest BCUT2D eigenvalue weighted by Crippen LogP contribution is 2.33. The van der Waals surface area contributed by atoms with Gasteiger partial charge in [0.25, 0.3) is 0 Å². The molecular formula is C21H18Cl2N2O3. The fourth-order valence-corrected chi connectivity index (χ4v) is 3.30. The molecule has 0 atom stereocenters. The Morgan fingerprint density at radius 1 is 1.07 bits per heavy atom. The van der Waals surface area contributed by atoms with Crippen LogP contribution in [0.2, 0.25) is 10.0 Å². The molecule has 0 unspecified atom stereocenters.